The lowest BCUT2D eigenvalue weighted by Crippen LogP contribution is -2.62. The SMILES string of the molecule is Cc1ccccc1N1[C@@H](C)c2c(sc3occc23)C12C1CC3CC(C1)CC2C3. The molecule has 4 bridgehead atoms. The second-order valence-corrected chi connectivity index (χ2v) is 10.9. The Morgan fingerprint density at radius 3 is 2.43 bits per heavy atom. The summed E-state index contributed by atoms with van der Waals surface area (Å²) >= 11 is 1.97. The van der Waals surface area contributed by atoms with Crippen LogP contribution in [0.2, 0.25) is 0 Å². The summed E-state index contributed by atoms with van der Waals surface area (Å²) in [7, 11) is 0. The average molecular weight is 390 g/mol. The Kier molecular flexibility index (Phi) is 3.01. The number of fused-ring (bicyclic) bond motifs is 3. The van der Waals surface area contributed by atoms with Gasteiger partial charge < -0.3 is 9.32 Å². The van der Waals surface area contributed by atoms with Gasteiger partial charge in [0.05, 0.1) is 17.8 Å². The fourth-order valence-corrected chi connectivity index (χ4v) is 9.59. The summed E-state index contributed by atoms with van der Waals surface area (Å²) in [5, 5.41) is 1.37. The molecule has 0 N–H and O–H groups in total. The Bertz CT molecular complexity index is 1060. The van der Waals surface area contributed by atoms with Crippen LogP contribution in [0.3, 0.4) is 0 Å². The number of furan rings is 1. The summed E-state index contributed by atoms with van der Waals surface area (Å²) < 4.78 is 5.91. The van der Waals surface area contributed by atoms with E-state index >= 15 is 0 Å². The molecule has 4 aliphatic carbocycles. The molecule has 3 heteroatoms. The van der Waals surface area contributed by atoms with Crippen molar-refractivity contribution in [1.29, 1.82) is 0 Å². The van der Waals surface area contributed by atoms with E-state index < -0.39 is 0 Å². The van der Waals surface area contributed by atoms with Gasteiger partial charge in [0.25, 0.3) is 0 Å². The number of para-hydroxylation sites is 1. The number of thiophene rings is 1. The van der Waals surface area contributed by atoms with Crippen LogP contribution in [0.15, 0.2) is 41.0 Å². The Morgan fingerprint density at radius 2 is 1.71 bits per heavy atom. The van der Waals surface area contributed by atoms with Gasteiger partial charge in [-0.25, -0.2) is 0 Å². The molecule has 0 amide bonds. The van der Waals surface area contributed by atoms with Crippen LogP contribution in [0.4, 0.5) is 5.69 Å². The Morgan fingerprint density at radius 1 is 1.00 bits per heavy atom. The minimum absolute atomic E-state index is 0.195. The van der Waals surface area contributed by atoms with Crippen LogP contribution in [-0.2, 0) is 5.54 Å². The fraction of sp³-hybridized carbons (Fsp3) is 0.520. The number of nitrogens with zero attached hydrogens (tertiary/aromatic N) is 1. The van der Waals surface area contributed by atoms with Crippen molar-refractivity contribution in [2.75, 3.05) is 4.90 Å². The molecule has 4 saturated carbocycles. The van der Waals surface area contributed by atoms with Crippen molar-refractivity contribution in [2.45, 2.75) is 57.5 Å². The number of rotatable bonds is 1. The lowest BCUT2D eigenvalue weighted by atomic mass is 9.48. The molecule has 2 aromatic heterocycles. The van der Waals surface area contributed by atoms with E-state index in [0.29, 0.717) is 6.04 Å². The number of hydrogen-bond acceptors (Lipinski definition) is 3. The molecule has 1 spiro atoms. The molecule has 4 fully saturated rings. The zero-order valence-corrected chi connectivity index (χ0v) is 17.5. The number of hydrogen-bond donors (Lipinski definition) is 0. The first-order chi connectivity index (χ1) is 13.7. The van der Waals surface area contributed by atoms with Gasteiger partial charge in [-0.3, -0.25) is 0 Å². The van der Waals surface area contributed by atoms with Gasteiger partial charge in [-0.05, 0) is 87.3 Å². The summed E-state index contributed by atoms with van der Waals surface area (Å²) in [6.45, 7) is 4.75. The molecule has 1 aliphatic heterocycles. The smallest absolute Gasteiger partial charge is 0.188 e. The molecule has 2 nitrogen and oxygen atoms in total. The van der Waals surface area contributed by atoms with Crippen molar-refractivity contribution in [3.63, 3.8) is 0 Å². The zero-order chi connectivity index (χ0) is 18.6. The lowest BCUT2D eigenvalue weighted by molar-refractivity contribution is -0.0588. The summed E-state index contributed by atoms with van der Waals surface area (Å²) in [5.74, 6) is 3.56. The molecule has 8 rings (SSSR count). The van der Waals surface area contributed by atoms with Crippen LogP contribution < -0.4 is 4.90 Å². The maximum Gasteiger partial charge on any atom is 0.188 e. The van der Waals surface area contributed by atoms with Crippen LogP contribution in [0.5, 0.6) is 0 Å². The summed E-state index contributed by atoms with van der Waals surface area (Å²) in [5.41, 5.74) is 4.65. The predicted octanol–water partition coefficient (Wildman–Crippen LogP) is 7.04. The lowest BCUT2D eigenvalue weighted by Gasteiger charge is -2.63. The van der Waals surface area contributed by atoms with E-state index in [1.807, 2.05) is 17.6 Å². The molecule has 0 unspecified atom stereocenters. The highest BCUT2D eigenvalue weighted by molar-refractivity contribution is 7.18. The monoisotopic (exact) mass is 389 g/mol. The van der Waals surface area contributed by atoms with Crippen molar-refractivity contribution in [2.24, 2.45) is 23.7 Å². The molecule has 5 aliphatic rings. The third-order valence-electron chi connectivity index (χ3n) is 8.68. The van der Waals surface area contributed by atoms with E-state index in [1.54, 1.807) is 10.4 Å². The summed E-state index contributed by atoms with van der Waals surface area (Å²) in [4.78, 5) is 5.70. The van der Waals surface area contributed by atoms with Crippen molar-refractivity contribution in [3.8, 4) is 0 Å². The molecule has 0 radical (unpaired) electrons. The Balaban J connectivity index is 1.54. The molecule has 28 heavy (non-hydrogen) atoms. The first-order valence-electron chi connectivity index (χ1n) is 11.0. The van der Waals surface area contributed by atoms with Crippen molar-refractivity contribution >= 4 is 27.3 Å². The van der Waals surface area contributed by atoms with Crippen LogP contribution >= 0.6 is 11.3 Å². The number of anilines is 1. The third kappa shape index (κ3) is 1.72. The largest absolute Gasteiger partial charge is 0.454 e. The number of aryl methyl sites for hydroxylation is 1. The average Bonchev–Trinajstić information content (AvgIpc) is 3.31. The van der Waals surface area contributed by atoms with E-state index in [4.69, 9.17) is 4.42 Å². The van der Waals surface area contributed by atoms with Crippen LogP contribution in [-0.4, -0.2) is 0 Å². The molecule has 0 saturated heterocycles. The van der Waals surface area contributed by atoms with Gasteiger partial charge in [0.1, 0.15) is 0 Å². The normalized spacial score (nSPS) is 38.1. The van der Waals surface area contributed by atoms with Gasteiger partial charge in [0, 0.05) is 21.5 Å². The standard InChI is InChI=1S/C25H27NOS/c1-14-5-3-4-6-21(14)26-15(2)22-20-7-8-27-24(20)28-23(22)25(26)18-10-16-9-17(12-18)13-19(25)11-16/h3-8,15-19H,9-13H2,1-2H3/t15-,16?,17?,18?,19?,25?/m0/s1. The Hall–Kier alpha value is -1.74. The first kappa shape index (κ1) is 16.1. The van der Waals surface area contributed by atoms with Gasteiger partial charge in [-0.15, -0.1) is 11.3 Å². The topological polar surface area (TPSA) is 16.4 Å². The molecular formula is C25H27NOS. The zero-order valence-electron chi connectivity index (χ0n) is 16.7. The highest BCUT2D eigenvalue weighted by Gasteiger charge is 2.65. The molecule has 1 aromatic carbocycles. The van der Waals surface area contributed by atoms with Gasteiger partial charge in [-0.1, -0.05) is 18.2 Å². The quantitative estimate of drug-likeness (QED) is 0.444. The van der Waals surface area contributed by atoms with Gasteiger partial charge in [-0.2, -0.15) is 0 Å². The van der Waals surface area contributed by atoms with E-state index in [1.165, 1.54) is 48.7 Å². The Labute approximate surface area is 170 Å². The first-order valence-corrected chi connectivity index (χ1v) is 11.8. The summed E-state index contributed by atoms with van der Waals surface area (Å²) in [6.07, 6.45) is 9.11. The van der Waals surface area contributed by atoms with Crippen molar-refractivity contribution in [3.05, 3.63) is 52.6 Å². The second-order valence-electron chi connectivity index (χ2n) is 9.93. The number of benzene rings is 1. The maximum absolute atomic E-state index is 5.91. The molecular weight excluding hydrogens is 362 g/mol. The van der Waals surface area contributed by atoms with Crippen LogP contribution in [0, 0.1) is 30.6 Å². The molecule has 144 valence electrons. The maximum atomic E-state index is 5.91. The van der Waals surface area contributed by atoms with E-state index in [9.17, 15) is 0 Å². The highest BCUT2D eigenvalue weighted by atomic mass is 32.1. The third-order valence-corrected chi connectivity index (χ3v) is 9.94. The van der Waals surface area contributed by atoms with Crippen LogP contribution in [0.25, 0.3) is 10.3 Å². The van der Waals surface area contributed by atoms with E-state index in [0.717, 1.165) is 28.6 Å². The minimum atomic E-state index is 0.195. The second kappa shape index (κ2) is 5.24. The van der Waals surface area contributed by atoms with Gasteiger partial charge in [0.15, 0.2) is 4.90 Å². The predicted molar refractivity (Wildman–Crippen MR) is 115 cm³/mol. The van der Waals surface area contributed by atoms with Crippen LogP contribution in [0.1, 0.15) is 61.1 Å². The van der Waals surface area contributed by atoms with Crippen molar-refractivity contribution < 1.29 is 4.42 Å². The highest BCUT2D eigenvalue weighted by Crippen LogP contribution is 2.70. The summed E-state index contributed by atoms with van der Waals surface area (Å²) in [6, 6.07) is 11.7. The molecule has 3 heterocycles. The van der Waals surface area contributed by atoms with E-state index in [-0.39, 0.29) is 5.54 Å². The molecule has 1 atom stereocenters. The van der Waals surface area contributed by atoms with Gasteiger partial charge >= 0.3 is 0 Å². The molecule has 3 aromatic rings. The fourth-order valence-electron chi connectivity index (χ4n) is 8.02. The van der Waals surface area contributed by atoms with E-state index in [2.05, 4.69) is 49.1 Å². The van der Waals surface area contributed by atoms with Gasteiger partial charge in [0.2, 0.25) is 0 Å². The minimum Gasteiger partial charge on any atom is -0.454 e. The van der Waals surface area contributed by atoms with Crippen molar-refractivity contribution in [1.82, 2.24) is 0 Å².